The highest BCUT2D eigenvalue weighted by Crippen LogP contribution is 2.52. The van der Waals surface area contributed by atoms with Crippen LogP contribution < -0.4 is 9.47 Å². The Labute approximate surface area is 237 Å². The van der Waals surface area contributed by atoms with Crippen molar-refractivity contribution in [2.24, 2.45) is 0 Å². The van der Waals surface area contributed by atoms with Gasteiger partial charge in [-0.15, -0.1) is 11.8 Å². The number of hydrogen-bond donors (Lipinski definition) is 0. The highest BCUT2D eigenvalue weighted by atomic mass is 32.2. The lowest BCUT2D eigenvalue weighted by Crippen LogP contribution is -2.40. The maximum atomic E-state index is 6.30. The van der Waals surface area contributed by atoms with Crippen molar-refractivity contribution in [2.75, 3.05) is 39.8 Å². The van der Waals surface area contributed by atoms with Crippen LogP contribution in [-0.4, -0.2) is 48.1 Å². The van der Waals surface area contributed by atoms with E-state index in [0.29, 0.717) is 5.92 Å². The van der Waals surface area contributed by atoms with Crippen LogP contribution in [0.3, 0.4) is 0 Å². The molecule has 0 saturated carbocycles. The van der Waals surface area contributed by atoms with Gasteiger partial charge in [0.2, 0.25) is 0 Å². The number of fused-ring (bicyclic) bond motifs is 1. The molecule has 0 radical (unpaired) electrons. The van der Waals surface area contributed by atoms with Gasteiger partial charge in [-0.1, -0.05) is 45.9 Å². The molecular weight excluding hydrogens is 509 g/mol. The molecule has 4 nitrogen and oxygen atoms in total. The normalized spacial score (nSPS) is 19.7. The molecule has 0 aliphatic carbocycles. The Kier molecular flexibility index (Phi) is 11.2. The predicted molar refractivity (Wildman–Crippen MR) is 164 cm³/mol. The third-order valence-corrected chi connectivity index (χ3v) is 14.6. The second-order valence-electron chi connectivity index (χ2n) is 12.3. The van der Waals surface area contributed by atoms with Crippen molar-refractivity contribution in [2.45, 2.75) is 94.2 Å². The van der Waals surface area contributed by atoms with Crippen molar-refractivity contribution in [3.63, 3.8) is 0 Å². The zero-order valence-electron chi connectivity index (χ0n) is 25.0. The zero-order valence-corrected chi connectivity index (χ0v) is 26.8. The summed E-state index contributed by atoms with van der Waals surface area (Å²) < 4.78 is 23.3. The molecule has 2 unspecified atom stereocenters. The SMILES string of the molecule is COc1ccc(C2(C)CSc3cc(OC)ccc3C2CCCOCCCCCO[Si](C)(C)C(C)(C)C)cc1. The van der Waals surface area contributed by atoms with E-state index in [2.05, 4.69) is 83.3 Å². The van der Waals surface area contributed by atoms with E-state index in [1.165, 1.54) is 22.4 Å². The summed E-state index contributed by atoms with van der Waals surface area (Å²) in [4.78, 5) is 1.35. The molecule has 1 aliphatic heterocycles. The van der Waals surface area contributed by atoms with Gasteiger partial charge in [-0.05, 0) is 91.5 Å². The first-order valence-corrected chi connectivity index (χ1v) is 18.1. The third kappa shape index (κ3) is 7.80. The van der Waals surface area contributed by atoms with E-state index in [4.69, 9.17) is 18.6 Å². The Balaban J connectivity index is 1.51. The summed E-state index contributed by atoms with van der Waals surface area (Å²) in [5.74, 6) is 3.31. The molecule has 212 valence electrons. The molecule has 0 bridgehead atoms. The molecule has 1 heterocycles. The van der Waals surface area contributed by atoms with Crippen LogP contribution in [0.25, 0.3) is 0 Å². The molecule has 0 saturated heterocycles. The minimum Gasteiger partial charge on any atom is -0.497 e. The summed E-state index contributed by atoms with van der Waals surface area (Å²) in [6.07, 6.45) is 5.55. The first-order valence-electron chi connectivity index (χ1n) is 14.2. The summed E-state index contributed by atoms with van der Waals surface area (Å²) in [6.45, 7) is 16.5. The highest BCUT2D eigenvalue weighted by Gasteiger charge is 2.41. The molecule has 2 atom stereocenters. The summed E-state index contributed by atoms with van der Waals surface area (Å²) in [5.41, 5.74) is 2.85. The number of unbranched alkanes of at least 4 members (excludes halogenated alkanes) is 2. The molecule has 1 aliphatic rings. The molecule has 0 spiro atoms. The van der Waals surface area contributed by atoms with E-state index < -0.39 is 8.32 Å². The Bertz CT molecular complexity index is 1000. The van der Waals surface area contributed by atoms with Crippen LogP contribution >= 0.6 is 11.8 Å². The van der Waals surface area contributed by atoms with Gasteiger partial charge in [-0.25, -0.2) is 0 Å². The quantitative estimate of drug-likeness (QED) is 0.171. The number of benzene rings is 2. The number of ether oxygens (including phenoxy) is 3. The van der Waals surface area contributed by atoms with E-state index in [1.54, 1.807) is 14.2 Å². The smallest absolute Gasteiger partial charge is 0.191 e. The maximum absolute atomic E-state index is 6.30. The fourth-order valence-electron chi connectivity index (χ4n) is 4.97. The highest BCUT2D eigenvalue weighted by molar-refractivity contribution is 7.99. The minimum absolute atomic E-state index is 0.0443. The lowest BCUT2D eigenvalue weighted by Gasteiger charge is -2.43. The summed E-state index contributed by atoms with van der Waals surface area (Å²) in [7, 11) is 1.84. The van der Waals surface area contributed by atoms with E-state index in [0.717, 1.165) is 62.8 Å². The number of thioether (sulfide) groups is 1. The number of methoxy groups -OCH3 is 2. The fourth-order valence-corrected chi connectivity index (χ4v) is 7.46. The third-order valence-electron chi connectivity index (χ3n) is 8.63. The molecule has 3 rings (SSSR count). The molecule has 0 amide bonds. The molecule has 2 aromatic carbocycles. The molecule has 0 aromatic heterocycles. The lowest BCUT2D eigenvalue weighted by molar-refractivity contribution is 0.121. The van der Waals surface area contributed by atoms with Gasteiger partial charge in [-0.3, -0.25) is 0 Å². The zero-order chi connectivity index (χ0) is 27.8. The van der Waals surface area contributed by atoms with Crippen LogP contribution in [-0.2, 0) is 14.6 Å². The standard InChI is InChI=1S/C32H50O4SSi/c1-31(2,3)38(7,8)36-22-11-9-10-20-35-21-12-13-29-28-19-18-27(34-6)23-30(28)37-24-32(29,4)25-14-16-26(33-5)17-15-25/h14-19,23,29H,9-13,20-22,24H2,1-8H3. The van der Waals surface area contributed by atoms with Gasteiger partial charge >= 0.3 is 0 Å². The molecule has 38 heavy (non-hydrogen) atoms. The van der Waals surface area contributed by atoms with Crippen molar-refractivity contribution in [1.82, 2.24) is 0 Å². The van der Waals surface area contributed by atoms with Crippen LogP contribution in [0.2, 0.25) is 18.1 Å². The fraction of sp³-hybridized carbons (Fsp3) is 0.625. The van der Waals surface area contributed by atoms with Crippen LogP contribution in [0, 0.1) is 0 Å². The van der Waals surface area contributed by atoms with Crippen LogP contribution in [0.4, 0.5) is 0 Å². The first kappa shape index (κ1) is 31.1. The summed E-state index contributed by atoms with van der Waals surface area (Å²) in [5, 5.41) is 0.281. The van der Waals surface area contributed by atoms with Gasteiger partial charge in [0.1, 0.15) is 11.5 Å². The minimum atomic E-state index is -1.63. The Hall–Kier alpha value is -1.47. The number of rotatable bonds is 14. The van der Waals surface area contributed by atoms with Crippen molar-refractivity contribution in [3.05, 3.63) is 53.6 Å². The van der Waals surface area contributed by atoms with Gasteiger partial charge in [-0.2, -0.15) is 0 Å². The van der Waals surface area contributed by atoms with Crippen molar-refractivity contribution in [3.8, 4) is 11.5 Å². The molecule has 0 N–H and O–H groups in total. The van der Waals surface area contributed by atoms with Crippen LogP contribution in [0.5, 0.6) is 11.5 Å². The lowest BCUT2D eigenvalue weighted by atomic mass is 9.68. The van der Waals surface area contributed by atoms with E-state index in [1.807, 2.05) is 11.8 Å². The van der Waals surface area contributed by atoms with Crippen LogP contribution in [0.15, 0.2) is 47.4 Å². The Morgan fingerprint density at radius 3 is 2.16 bits per heavy atom. The summed E-state index contributed by atoms with van der Waals surface area (Å²) >= 11 is 1.94. The monoisotopic (exact) mass is 558 g/mol. The molecule has 6 heteroatoms. The van der Waals surface area contributed by atoms with Crippen molar-refractivity contribution < 1.29 is 18.6 Å². The first-order chi connectivity index (χ1) is 18.0. The topological polar surface area (TPSA) is 36.9 Å². The van der Waals surface area contributed by atoms with Gasteiger partial charge in [0.25, 0.3) is 0 Å². The Morgan fingerprint density at radius 1 is 0.868 bits per heavy atom. The van der Waals surface area contributed by atoms with Gasteiger partial charge < -0.3 is 18.6 Å². The molecule has 2 aromatic rings. The van der Waals surface area contributed by atoms with E-state index in [9.17, 15) is 0 Å². The van der Waals surface area contributed by atoms with Gasteiger partial charge in [0.15, 0.2) is 8.32 Å². The van der Waals surface area contributed by atoms with E-state index in [-0.39, 0.29) is 10.5 Å². The van der Waals surface area contributed by atoms with Crippen LogP contribution in [0.1, 0.15) is 76.8 Å². The average Bonchev–Trinajstić information content (AvgIpc) is 2.89. The average molecular weight is 559 g/mol. The second-order valence-corrected chi connectivity index (χ2v) is 18.1. The number of hydrogen-bond acceptors (Lipinski definition) is 5. The van der Waals surface area contributed by atoms with Gasteiger partial charge in [0.05, 0.1) is 14.2 Å². The largest absolute Gasteiger partial charge is 0.497 e. The van der Waals surface area contributed by atoms with Crippen molar-refractivity contribution in [1.29, 1.82) is 0 Å². The van der Waals surface area contributed by atoms with E-state index >= 15 is 0 Å². The maximum Gasteiger partial charge on any atom is 0.191 e. The Morgan fingerprint density at radius 2 is 1.50 bits per heavy atom. The second kappa shape index (κ2) is 13.7. The predicted octanol–water partition coefficient (Wildman–Crippen LogP) is 8.84. The van der Waals surface area contributed by atoms with Gasteiger partial charge in [0, 0.05) is 35.9 Å². The van der Waals surface area contributed by atoms with Crippen molar-refractivity contribution >= 4 is 20.1 Å². The summed E-state index contributed by atoms with van der Waals surface area (Å²) in [6, 6.07) is 15.2. The molecular formula is C32H50O4SSi. The molecule has 0 fully saturated rings.